The van der Waals surface area contributed by atoms with Crippen LogP contribution in [0.25, 0.3) is 67.3 Å². The lowest BCUT2D eigenvalue weighted by molar-refractivity contribution is 0.636. The summed E-state index contributed by atoms with van der Waals surface area (Å²) in [6, 6.07) is 84.7. The highest BCUT2D eigenvalue weighted by molar-refractivity contribution is 5.96. The van der Waals surface area contributed by atoms with E-state index in [0.717, 1.165) is 39.2 Å². The van der Waals surface area contributed by atoms with Gasteiger partial charge in [-0.25, -0.2) is 9.97 Å². The fourth-order valence-corrected chi connectivity index (χ4v) is 11.3. The molecule has 3 aliphatic carbocycles. The SMILES string of the molecule is c1ccc(-c2cc(-c3ccccc3)nc(-c3cccc(-c4ccc5c(c4)C4(c6ccccc6-5)c5ccccc5C5(c6ccccc6)c6ccccc6-c6cccc4c65)c3)n2)cc1. The van der Waals surface area contributed by atoms with Crippen molar-refractivity contribution in [1.29, 1.82) is 0 Å². The molecule has 62 heavy (non-hydrogen) atoms. The first-order chi connectivity index (χ1) is 30.7. The fourth-order valence-electron chi connectivity index (χ4n) is 11.3. The zero-order valence-corrected chi connectivity index (χ0v) is 33.8. The number of hydrogen-bond donors (Lipinski definition) is 0. The Kier molecular flexibility index (Phi) is 7.47. The summed E-state index contributed by atoms with van der Waals surface area (Å²) in [5, 5.41) is 0. The van der Waals surface area contributed by atoms with Crippen LogP contribution in [0.5, 0.6) is 0 Å². The Hall–Kier alpha value is -7.94. The zero-order valence-electron chi connectivity index (χ0n) is 33.8. The van der Waals surface area contributed by atoms with Gasteiger partial charge in [0.1, 0.15) is 0 Å². The summed E-state index contributed by atoms with van der Waals surface area (Å²) in [7, 11) is 0. The highest BCUT2D eigenvalue weighted by Crippen LogP contribution is 2.68. The fraction of sp³-hybridized carbons (Fsp3) is 0.0333. The van der Waals surface area contributed by atoms with Gasteiger partial charge in [-0.05, 0) is 96.1 Å². The third-order valence-corrected chi connectivity index (χ3v) is 13.8. The number of benzene rings is 9. The molecule has 2 atom stereocenters. The van der Waals surface area contributed by atoms with Crippen molar-refractivity contribution in [3.63, 3.8) is 0 Å². The first-order valence-electron chi connectivity index (χ1n) is 21.5. The molecule has 9 aromatic carbocycles. The van der Waals surface area contributed by atoms with Crippen LogP contribution in [-0.2, 0) is 10.8 Å². The van der Waals surface area contributed by atoms with Crippen LogP contribution in [0.4, 0.5) is 0 Å². The maximum Gasteiger partial charge on any atom is 0.160 e. The van der Waals surface area contributed by atoms with Gasteiger partial charge in [0.2, 0.25) is 0 Å². The number of hydrogen-bond acceptors (Lipinski definition) is 2. The first kappa shape index (κ1) is 34.9. The van der Waals surface area contributed by atoms with Crippen molar-refractivity contribution in [2.75, 3.05) is 0 Å². The molecule has 13 rings (SSSR count). The Labute approximate surface area is 361 Å². The van der Waals surface area contributed by atoms with Crippen molar-refractivity contribution in [2.24, 2.45) is 0 Å². The van der Waals surface area contributed by atoms with Crippen molar-refractivity contribution < 1.29 is 0 Å². The molecule has 0 fully saturated rings. The van der Waals surface area contributed by atoms with E-state index in [1.807, 2.05) is 12.1 Å². The molecule has 0 bridgehead atoms. The van der Waals surface area contributed by atoms with Gasteiger partial charge < -0.3 is 0 Å². The van der Waals surface area contributed by atoms with E-state index in [0.29, 0.717) is 5.82 Å². The molecule has 0 N–H and O–H groups in total. The second-order valence-corrected chi connectivity index (χ2v) is 16.8. The van der Waals surface area contributed by atoms with Crippen molar-refractivity contribution in [2.45, 2.75) is 10.8 Å². The van der Waals surface area contributed by atoms with E-state index >= 15 is 0 Å². The number of fused-ring (bicyclic) bond motifs is 12. The summed E-state index contributed by atoms with van der Waals surface area (Å²) in [6.45, 7) is 0. The van der Waals surface area contributed by atoms with Crippen LogP contribution in [0.2, 0.25) is 0 Å². The van der Waals surface area contributed by atoms with E-state index in [1.165, 1.54) is 66.8 Å². The second kappa shape index (κ2) is 13.3. The summed E-state index contributed by atoms with van der Waals surface area (Å²) in [5.74, 6) is 0.704. The average Bonchev–Trinajstić information content (AvgIpc) is 3.83. The highest BCUT2D eigenvalue weighted by Gasteiger charge is 2.59. The van der Waals surface area contributed by atoms with Crippen molar-refractivity contribution in [1.82, 2.24) is 9.97 Å². The normalized spacial score (nSPS) is 17.2. The van der Waals surface area contributed by atoms with Crippen LogP contribution in [0.3, 0.4) is 0 Å². The Bertz CT molecular complexity index is 3350. The molecule has 10 aromatic rings. The Morgan fingerprint density at radius 3 is 1.39 bits per heavy atom. The molecule has 1 heterocycles. The van der Waals surface area contributed by atoms with Crippen LogP contribution >= 0.6 is 0 Å². The molecule has 2 nitrogen and oxygen atoms in total. The predicted molar refractivity (Wildman–Crippen MR) is 252 cm³/mol. The van der Waals surface area contributed by atoms with E-state index in [9.17, 15) is 0 Å². The second-order valence-electron chi connectivity index (χ2n) is 16.8. The summed E-state index contributed by atoms with van der Waals surface area (Å²) in [5.41, 5.74) is 22.1. The molecule has 2 heteroatoms. The number of rotatable bonds is 5. The Morgan fingerprint density at radius 2 is 0.710 bits per heavy atom. The Morgan fingerprint density at radius 1 is 0.258 bits per heavy atom. The van der Waals surface area contributed by atoms with Crippen LogP contribution < -0.4 is 0 Å². The largest absolute Gasteiger partial charge is 0.228 e. The summed E-state index contributed by atoms with van der Waals surface area (Å²) in [4.78, 5) is 10.4. The minimum absolute atomic E-state index is 0.470. The first-order valence-corrected chi connectivity index (χ1v) is 21.5. The van der Waals surface area contributed by atoms with Gasteiger partial charge in [0.05, 0.1) is 22.2 Å². The monoisotopic (exact) mass is 786 g/mol. The molecule has 1 spiro atoms. The third-order valence-electron chi connectivity index (χ3n) is 13.8. The van der Waals surface area contributed by atoms with Gasteiger partial charge in [0.15, 0.2) is 5.82 Å². The van der Waals surface area contributed by atoms with Crippen molar-refractivity contribution >= 4 is 0 Å². The topological polar surface area (TPSA) is 25.8 Å². The predicted octanol–water partition coefficient (Wildman–Crippen LogP) is 14.2. The zero-order chi connectivity index (χ0) is 40.8. The molecule has 288 valence electrons. The molecule has 0 radical (unpaired) electrons. The standard InChI is InChI=1S/C60H38N2/c1-4-18-39(19-5-1)55-38-56(40-20-6-2-7-21-40)62-58(61-55)43-23-16-22-41(36-43)42-34-35-47-45-26-10-13-30-50(45)60(54(47)37-42)52-32-15-14-31-51(52)59(44-24-8-3-9-25-44)49-29-12-11-27-46(49)48-28-17-33-53(60)57(48)59/h1-38H. The average molecular weight is 787 g/mol. The van der Waals surface area contributed by atoms with Gasteiger partial charge in [-0.3, -0.25) is 0 Å². The van der Waals surface area contributed by atoms with E-state index in [-0.39, 0.29) is 0 Å². The van der Waals surface area contributed by atoms with E-state index in [1.54, 1.807) is 0 Å². The molecule has 2 unspecified atom stereocenters. The minimum Gasteiger partial charge on any atom is -0.228 e. The molecule has 0 amide bonds. The van der Waals surface area contributed by atoms with E-state index < -0.39 is 10.8 Å². The molecule has 0 saturated carbocycles. The lowest BCUT2D eigenvalue weighted by Crippen LogP contribution is -2.43. The van der Waals surface area contributed by atoms with Gasteiger partial charge in [0.25, 0.3) is 0 Å². The molecule has 0 aliphatic heterocycles. The molecular formula is C60H38N2. The van der Waals surface area contributed by atoms with E-state index in [4.69, 9.17) is 9.97 Å². The summed E-state index contributed by atoms with van der Waals surface area (Å²) < 4.78 is 0. The summed E-state index contributed by atoms with van der Waals surface area (Å²) in [6.07, 6.45) is 0. The maximum atomic E-state index is 5.20. The minimum atomic E-state index is -0.556. The summed E-state index contributed by atoms with van der Waals surface area (Å²) >= 11 is 0. The van der Waals surface area contributed by atoms with E-state index in [2.05, 4.69) is 218 Å². The molecular weight excluding hydrogens is 749 g/mol. The lowest BCUT2D eigenvalue weighted by Gasteiger charge is -2.48. The van der Waals surface area contributed by atoms with Crippen molar-refractivity contribution in [3.05, 3.63) is 275 Å². The Balaban J connectivity index is 1.05. The highest BCUT2D eigenvalue weighted by atomic mass is 14.9. The van der Waals surface area contributed by atoms with Crippen LogP contribution in [0, 0.1) is 0 Å². The van der Waals surface area contributed by atoms with Crippen LogP contribution in [-0.4, -0.2) is 9.97 Å². The number of nitrogens with zero attached hydrogens (tertiary/aromatic N) is 2. The quantitative estimate of drug-likeness (QED) is 0.174. The van der Waals surface area contributed by atoms with Crippen LogP contribution in [0.1, 0.15) is 44.5 Å². The van der Waals surface area contributed by atoms with Crippen LogP contribution in [0.15, 0.2) is 231 Å². The van der Waals surface area contributed by atoms with Gasteiger partial charge in [-0.2, -0.15) is 0 Å². The van der Waals surface area contributed by atoms with Crippen molar-refractivity contribution in [3.8, 4) is 67.3 Å². The molecule has 0 saturated heterocycles. The molecule has 1 aromatic heterocycles. The third kappa shape index (κ3) is 4.69. The van der Waals surface area contributed by atoms with Gasteiger partial charge in [-0.15, -0.1) is 0 Å². The van der Waals surface area contributed by atoms with Gasteiger partial charge >= 0.3 is 0 Å². The van der Waals surface area contributed by atoms with Gasteiger partial charge in [-0.1, -0.05) is 212 Å². The number of aromatic nitrogens is 2. The smallest absolute Gasteiger partial charge is 0.160 e. The van der Waals surface area contributed by atoms with Gasteiger partial charge in [0, 0.05) is 16.7 Å². The maximum absolute atomic E-state index is 5.20. The molecule has 3 aliphatic rings. The lowest BCUT2D eigenvalue weighted by atomic mass is 9.52.